The summed E-state index contributed by atoms with van der Waals surface area (Å²) in [5.41, 5.74) is 4.12. The monoisotopic (exact) mass is 457 g/mol. The van der Waals surface area contributed by atoms with Crippen LogP contribution in [0.5, 0.6) is 23.5 Å². The zero-order chi connectivity index (χ0) is 23.9. The summed E-state index contributed by atoms with van der Waals surface area (Å²) in [6.07, 6.45) is 1.48. The van der Waals surface area contributed by atoms with Gasteiger partial charge >= 0.3 is 12.0 Å². The van der Waals surface area contributed by atoms with Crippen LogP contribution in [0.3, 0.4) is 0 Å². The second kappa shape index (κ2) is 10.4. The highest BCUT2D eigenvalue weighted by Gasteiger charge is 2.19. The SMILES string of the molecule is COc1cc(OC)nc(Oc2cccnc2C(=O)OCc2cccc(-c3ccccc3)c2C)n1. The predicted octanol–water partition coefficient (Wildman–Crippen LogP) is 5.01. The number of ether oxygens (including phenoxy) is 4. The lowest BCUT2D eigenvalue weighted by Gasteiger charge is -2.13. The number of methoxy groups -OCH3 is 2. The van der Waals surface area contributed by atoms with Gasteiger partial charge in [0.1, 0.15) is 6.61 Å². The summed E-state index contributed by atoms with van der Waals surface area (Å²) in [7, 11) is 2.93. The van der Waals surface area contributed by atoms with Crippen molar-refractivity contribution in [2.45, 2.75) is 13.5 Å². The fourth-order valence-electron chi connectivity index (χ4n) is 3.34. The second-order valence-electron chi connectivity index (χ2n) is 7.22. The van der Waals surface area contributed by atoms with Crippen molar-refractivity contribution < 1.29 is 23.7 Å². The van der Waals surface area contributed by atoms with Crippen LogP contribution in [0.2, 0.25) is 0 Å². The van der Waals surface area contributed by atoms with Gasteiger partial charge in [0.25, 0.3) is 0 Å². The number of esters is 1. The molecule has 0 radical (unpaired) electrons. The van der Waals surface area contributed by atoms with Gasteiger partial charge in [-0.25, -0.2) is 9.78 Å². The first-order valence-electron chi connectivity index (χ1n) is 10.5. The Balaban J connectivity index is 1.53. The first-order valence-corrected chi connectivity index (χ1v) is 10.5. The summed E-state index contributed by atoms with van der Waals surface area (Å²) in [5.74, 6) is 0.0276. The van der Waals surface area contributed by atoms with Crippen molar-refractivity contribution in [2.75, 3.05) is 14.2 Å². The molecular formula is C26H23N3O5. The Hall–Kier alpha value is -4.46. The molecule has 0 saturated carbocycles. The van der Waals surface area contributed by atoms with Crippen molar-refractivity contribution in [3.8, 4) is 34.6 Å². The minimum atomic E-state index is -0.630. The Bertz CT molecular complexity index is 1270. The highest BCUT2D eigenvalue weighted by Crippen LogP contribution is 2.28. The van der Waals surface area contributed by atoms with Gasteiger partial charge in [-0.1, -0.05) is 48.5 Å². The van der Waals surface area contributed by atoms with Gasteiger partial charge < -0.3 is 18.9 Å². The van der Waals surface area contributed by atoms with E-state index in [1.165, 1.54) is 26.5 Å². The van der Waals surface area contributed by atoms with Gasteiger partial charge in [0.15, 0.2) is 11.4 Å². The van der Waals surface area contributed by atoms with Gasteiger partial charge in [-0.05, 0) is 41.3 Å². The van der Waals surface area contributed by atoms with E-state index < -0.39 is 5.97 Å². The molecule has 2 aromatic heterocycles. The molecule has 4 rings (SSSR count). The third-order valence-electron chi connectivity index (χ3n) is 5.13. The van der Waals surface area contributed by atoms with Gasteiger partial charge in [0.2, 0.25) is 11.8 Å². The van der Waals surface area contributed by atoms with Crippen LogP contribution in [0.1, 0.15) is 21.6 Å². The van der Waals surface area contributed by atoms with Crippen molar-refractivity contribution in [3.05, 3.63) is 89.7 Å². The Labute approximate surface area is 197 Å². The van der Waals surface area contributed by atoms with Crippen molar-refractivity contribution in [3.63, 3.8) is 0 Å². The number of pyridine rings is 1. The van der Waals surface area contributed by atoms with Crippen LogP contribution in [-0.2, 0) is 11.3 Å². The molecule has 0 saturated heterocycles. The van der Waals surface area contributed by atoms with E-state index in [9.17, 15) is 4.79 Å². The molecule has 0 aliphatic carbocycles. The smallest absolute Gasteiger partial charge is 0.361 e. The van der Waals surface area contributed by atoms with E-state index in [1.54, 1.807) is 12.1 Å². The Kier molecular flexibility index (Phi) is 6.98. The highest BCUT2D eigenvalue weighted by molar-refractivity contribution is 5.90. The Morgan fingerprint density at radius 1 is 0.882 bits per heavy atom. The van der Waals surface area contributed by atoms with Gasteiger partial charge in [-0.2, -0.15) is 9.97 Å². The third-order valence-corrected chi connectivity index (χ3v) is 5.13. The van der Waals surface area contributed by atoms with Gasteiger partial charge in [-0.3, -0.25) is 0 Å². The first-order chi connectivity index (χ1) is 16.6. The second-order valence-corrected chi connectivity index (χ2v) is 7.22. The molecule has 34 heavy (non-hydrogen) atoms. The van der Waals surface area contributed by atoms with Crippen molar-refractivity contribution in [1.82, 2.24) is 15.0 Å². The molecular weight excluding hydrogens is 434 g/mol. The fraction of sp³-hybridized carbons (Fsp3) is 0.154. The van der Waals surface area contributed by atoms with Crippen LogP contribution in [0, 0.1) is 6.92 Å². The molecule has 0 fully saturated rings. The highest BCUT2D eigenvalue weighted by atomic mass is 16.5. The first kappa shape index (κ1) is 22.7. The molecule has 0 bridgehead atoms. The molecule has 0 atom stereocenters. The normalized spacial score (nSPS) is 10.4. The number of benzene rings is 2. The third kappa shape index (κ3) is 5.12. The van der Waals surface area contributed by atoms with Crippen LogP contribution in [0.4, 0.5) is 0 Å². The Morgan fingerprint density at radius 3 is 2.32 bits per heavy atom. The largest absolute Gasteiger partial charge is 0.481 e. The van der Waals surface area contributed by atoms with Gasteiger partial charge in [0.05, 0.1) is 20.3 Å². The molecule has 0 N–H and O–H groups in total. The molecule has 2 aromatic carbocycles. The van der Waals surface area contributed by atoms with E-state index in [4.69, 9.17) is 18.9 Å². The average Bonchev–Trinajstić information content (AvgIpc) is 2.88. The minimum absolute atomic E-state index is 0.00440. The lowest BCUT2D eigenvalue weighted by atomic mass is 9.97. The number of aromatic nitrogens is 3. The van der Waals surface area contributed by atoms with Crippen LogP contribution in [0.15, 0.2) is 72.9 Å². The van der Waals surface area contributed by atoms with Gasteiger partial charge in [-0.15, -0.1) is 0 Å². The molecule has 0 aliphatic rings. The summed E-state index contributed by atoms with van der Waals surface area (Å²) in [4.78, 5) is 25.3. The summed E-state index contributed by atoms with van der Waals surface area (Å²) < 4.78 is 21.6. The van der Waals surface area contributed by atoms with E-state index in [-0.39, 0.29) is 35.8 Å². The van der Waals surface area contributed by atoms with E-state index in [0.717, 1.165) is 22.3 Å². The summed E-state index contributed by atoms with van der Waals surface area (Å²) in [5, 5.41) is 0. The number of carbonyl (C=O) groups is 1. The fourth-order valence-corrected chi connectivity index (χ4v) is 3.34. The quantitative estimate of drug-likeness (QED) is 0.341. The summed E-state index contributed by atoms with van der Waals surface area (Å²) >= 11 is 0. The maximum Gasteiger partial charge on any atom is 0.361 e. The Morgan fingerprint density at radius 2 is 1.62 bits per heavy atom. The standard InChI is InChI=1S/C26H23N3O5/c1-17-19(11-7-12-20(17)18-9-5-4-6-10-18)16-33-25(30)24-21(13-8-14-27-24)34-26-28-22(31-2)15-23(29-26)32-3/h4-15H,16H2,1-3H3. The number of rotatable bonds is 8. The van der Waals surface area contributed by atoms with Crippen LogP contribution >= 0.6 is 0 Å². The summed E-state index contributed by atoms with van der Waals surface area (Å²) in [6.45, 7) is 2.10. The lowest BCUT2D eigenvalue weighted by Crippen LogP contribution is -2.10. The zero-order valence-electron chi connectivity index (χ0n) is 19.0. The molecule has 172 valence electrons. The van der Waals surface area contributed by atoms with E-state index in [2.05, 4.69) is 15.0 Å². The number of hydrogen-bond donors (Lipinski definition) is 0. The van der Waals surface area contributed by atoms with Crippen molar-refractivity contribution in [1.29, 1.82) is 0 Å². The zero-order valence-corrected chi connectivity index (χ0v) is 19.0. The van der Waals surface area contributed by atoms with E-state index in [0.29, 0.717) is 0 Å². The molecule has 4 aromatic rings. The van der Waals surface area contributed by atoms with Crippen LogP contribution in [-0.4, -0.2) is 35.1 Å². The maximum absolute atomic E-state index is 12.9. The number of hydrogen-bond acceptors (Lipinski definition) is 8. The van der Waals surface area contributed by atoms with Crippen molar-refractivity contribution >= 4 is 5.97 Å². The predicted molar refractivity (Wildman–Crippen MR) is 125 cm³/mol. The van der Waals surface area contributed by atoms with Gasteiger partial charge in [0, 0.05) is 6.20 Å². The molecule has 0 aliphatic heterocycles. The minimum Gasteiger partial charge on any atom is -0.481 e. The molecule has 8 heteroatoms. The molecule has 8 nitrogen and oxygen atoms in total. The number of carbonyl (C=O) groups excluding carboxylic acids is 1. The molecule has 2 heterocycles. The lowest BCUT2D eigenvalue weighted by molar-refractivity contribution is 0.0462. The average molecular weight is 457 g/mol. The summed E-state index contributed by atoms with van der Waals surface area (Å²) in [6, 6.07) is 20.7. The van der Waals surface area contributed by atoms with Crippen LogP contribution in [0.25, 0.3) is 11.1 Å². The van der Waals surface area contributed by atoms with Crippen molar-refractivity contribution in [2.24, 2.45) is 0 Å². The maximum atomic E-state index is 12.9. The molecule has 0 unspecified atom stereocenters. The molecule has 0 amide bonds. The topological polar surface area (TPSA) is 92.7 Å². The van der Waals surface area contributed by atoms with Crippen LogP contribution < -0.4 is 14.2 Å². The van der Waals surface area contributed by atoms with E-state index >= 15 is 0 Å². The number of nitrogens with zero attached hydrogens (tertiary/aromatic N) is 3. The molecule has 0 spiro atoms. The van der Waals surface area contributed by atoms with E-state index in [1.807, 2.05) is 55.5 Å².